The number of aliphatic carboxylic acids is 1. The number of halogens is 2. The van der Waals surface area contributed by atoms with Crippen molar-refractivity contribution in [2.45, 2.75) is 19.4 Å². The van der Waals surface area contributed by atoms with Crippen LogP contribution in [0.4, 0.5) is 8.78 Å². The molecule has 0 aliphatic heterocycles. The van der Waals surface area contributed by atoms with E-state index in [2.05, 4.69) is 15.5 Å². The Balaban J connectivity index is 2.14. The van der Waals surface area contributed by atoms with Crippen molar-refractivity contribution in [3.63, 3.8) is 0 Å². The number of carbonyl (C=O) groups is 1. The van der Waals surface area contributed by atoms with E-state index in [1.54, 1.807) is 0 Å². The van der Waals surface area contributed by atoms with Gasteiger partial charge >= 0.3 is 5.97 Å². The molecule has 2 rings (SSSR count). The first-order valence-corrected chi connectivity index (χ1v) is 5.47. The zero-order valence-corrected chi connectivity index (χ0v) is 9.75. The highest BCUT2D eigenvalue weighted by molar-refractivity contribution is 5.66. The summed E-state index contributed by atoms with van der Waals surface area (Å²) >= 11 is 0. The molecule has 1 N–H and O–H groups in total. The number of hydrogen-bond acceptors (Lipinski definition) is 4. The molecule has 0 aliphatic rings. The molecule has 0 unspecified atom stereocenters. The number of hydrogen-bond donors (Lipinski definition) is 1. The summed E-state index contributed by atoms with van der Waals surface area (Å²) in [4.78, 5) is 10.5. The standard InChI is InChI=1S/C11H10F2N4O2/c12-8-2-1-7(9(13)6-8)5-10-14-15-16-17(10)4-3-11(18)19/h1-2,6H,3-5H2,(H,18,19). The molecule has 0 atom stereocenters. The van der Waals surface area contributed by atoms with Crippen LogP contribution in [0.2, 0.25) is 0 Å². The molecule has 2 aromatic rings. The molecular weight excluding hydrogens is 258 g/mol. The van der Waals surface area contributed by atoms with Crippen LogP contribution in [0.15, 0.2) is 18.2 Å². The number of carboxylic acid groups (broad SMARTS) is 1. The first-order valence-electron chi connectivity index (χ1n) is 5.47. The average Bonchev–Trinajstić information content (AvgIpc) is 2.77. The molecule has 1 heterocycles. The molecule has 1 aromatic heterocycles. The van der Waals surface area contributed by atoms with Gasteiger partial charge in [0.25, 0.3) is 0 Å². The minimum Gasteiger partial charge on any atom is -0.481 e. The number of aryl methyl sites for hydroxylation is 1. The van der Waals surface area contributed by atoms with Crippen molar-refractivity contribution < 1.29 is 18.7 Å². The molecule has 6 nitrogen and oxygen atoms in total. The van der Waals surface area contributed by atoms with Gasteiger partial charge in [0.05, 0.1) is 13.0 Å². The Kier molecular flexibility index (Phi) is 3.79. The van der Waals surface area contributed by atoms with E-state index in [9.17, 15) is 13.6 Å². The number of aromatic nitrogens is 4. The SMILES string of the molecule is O=C(O)CCn1nnnc1Cc1ccc(F)cc1F. The van der Waals surface area contributed by atoms with E-state index in [1.165, 1.54) is 10.7 Å². The molecule has 0 amide bonds. The predicted octanol–water partition coefficient (Wildman–Crippen LogP) is 1.02. The van der Waals surface area contributed by atoms with E-state index in [4.69, 9.17) is 5.11 Å². The minimum atomic E-state index is -0.977. The van der Waals surface area contributed by atoms with E-state index >= 15 is 0 Å². The Labute approximate surface area is 106 Å². The second-order valence-corrected chi connectivity index (χ2v) is 3.87. The first kappa shape index (κ1) is 13.1. The quantitative estimate of drug-likeness (QED) is 0.875. The van der Waals surface area contributed by atoms with Gasteiger partial charge in [-0.1, -0.05) is 6.07 Å². The molecule has 0 saturated heterocycles. The molecule has 0 spiro atoms. The summed E-state index contributed by atoms with van der Waals surface area (Å²) in [5.74, 6) is -2.00. The second-order valence-electron chi connectivity index (χ2n) is 3.87. The number of benzene rings is 1. The average molecular weight is 268 g/mol. The van der Waals surface area contributed by atoms with Gasteiger partial charge in [-0.15, -0.1) is 5.10 Å². The number of tetrazole rings is 1. The molecule has 0 radical (unpaired) electrons. The van der Waals surface area contributed by atoms with E-state index in [1.807, 2.05) is 0 Å². The first-order chi connectivity index (χ1) is 9.06. The van der Waals surface area contributed by atoms with Gasteiger partial charge in [0.15, 0.2) is 5.82 Å². The molecule has 100 valence electrons. The normalized spacial score (nSPS) is 10.6. The summed E-state index contributed by atoms with van der Waals surface area (Å²) in [5.41, 5.74) is 0.243. The van der Waals surface area contributed by atoms with Gasteiger partial charge < -0.3 is 5.11 Å². The summed E-state index contributed by atoms with van der Waals surface area (Å²) in [5, 5.41) is 19.3. The van der Waals surface area contributed by atoms with Crippen LogP contribution in [0.5, 0.6) is 0 Å². The molecule has 1 aromatic carbocycles. The fraction of sp³-hybridized carbons (Fsp3) is 0.273. The second kappa shape index (κ2) is 5.51. The number of nitrogens with zero attached hydrogens (tertiary/aromatic N) is 4. The lowest BCUT2D eigenvalue weighted by atomic mass is 10.1. The summed E-state index contributed by atoms with van der Waals surface area (Å²) < 4.78 is 27.5. The van der Waals surface area contributed by atoms with Gasteiger partial charge in [-0.2, -0.15) is 0 Å². The summed E-state index contributed by atoms with van der Waals surface area (Å²) in [6.45, 7) is 0.0977. The van der Waals surface area contributed by atoms with E-state index in [-0.39, 0.29) is 24.9 Å². The maximum absolute atomic E-state index is 13.5. The minimum absolute atomic E-state index is 0.0682. The Morgan fingerprint density at radius 1 is 1.37 bits per heavy atom. The van der Waals surface area contributed by atoms with Crippen molar-refractivity contribution >= 4 is 5.97 Å². The van der Waals surface area contributed by atoms with Crippen LogP contribution in [-0.2, 0) is 17.8 Å². The summed E-state index contributed by atoms with van der Waals surface area (Å²) in [6.07, 6.45) is -0.0668. The smallest absolute Gasteiger partial charge is 0.305 e. The van der Waals surface area contributed by atoms with Crippen molar-refractivity contribution in [3.05, 3.63) is 41.2 Å². The van der Waals surface area contributed by atoms with Gasteiger partial charge in [0, 0.05) is 12.5 Å². The van der Waals surface area contributed by atoms with E-state index in [0.29, 0.717) is 5.82 Å². The zero-order valence-electron chi connectivity index (χ0n) is 9.75. The van der Waals surface area contributed by atoms with Crippen molar-refractivity contribution in [1.29, 1.82) is 0 Å². The molecule has 0 aliphatic carbocycles. The molecule has 19 heavy (non-hydrogen) atoms. The maximum Gasteiger partial charge on any atom is 0.305 e. The third-order valence-electron chi connectivity index (χ3n) is 2.51. The molecule has 0 fully saturated rings. The van der Waals surface area contributed by atoms with Crippen LogP contribution in [0, 0.1) is 11.6 Å². The van der Waals surface area contributed by atoms with Gasteiger partial charge in [0.1, 0.15) is 11.6 Å². The molecule has 0 bridgehead atoms. The lowest BCUT2D eigenvalue weighted by molar-refractivity contribution is -0.137. The van der Waals surface area contributed by atoms with Crippen LogP contribution in [-0.4, -0.2) is 31.3 Å². The Bertz CT molecular complexity index is 600. The lowest BCUT2D eigenvalue weighted by Crippen LogP contribution is -2.10. The Morgan fingerprint density at radius 3 is 2.84 bits per heavy atom. The van der Waals surface area contributed by atoms with Crippen molar-refractivity contribution in [3.8, 4) is 0 Å². The Hall–Kier alpha value is -2.38. The van der Waals surface area contributed by atoms with Crippen molar-refractivity contribution in [1.82, 2.24) is 20.2 Å². The van der Waals surface area contributed by atoms with E-state index < -0.39 is 17.6 Å². The number of rotatable bonds is 5. The molecule has 8 heteroatoms. The molecule has 0 saturated carbocycles. The third kappa shape index (κ3) is 3.30. The topological polar surface area (TPSA) is 80.9 Å². The highest BCUT2D eigenvalue weighted by atomic mass is 19.1. The third-order valence-corrected chi connectivity index (χ3v) is 2.51. The van der Waals surface area contributed by atoms with Crippen LogP contribution in [0.25, 0.3) is 0 Å². The lowest BCUT2D eigenvalue weighted by Gasteiger charge is -2.04. The van der Waals surface area contributed by atoms with Crippen LogP contribution < -0.4 is 0 Å². The zero-order chi connectivity index (χ0) is 13.8. The van der Waals surface area contributed by atoms with Gasteiger partial charge in [-0.25, -0.2) is 13.5 Å². The molecular formula is C11H10F2N4O2. The number of carboxylic acids is 1. The fourth-order valence-corrected chi connectivity index (χ4v) is 1.56. The van der Waals surface area contributed by atoms with Crippen LogP contribution in [0.1, 0.15) is 17.8 Å². The van der Waals surface area contributed by atoms with Crippen molar-refractivity contribution in [2.24, 2.45) is 0 Å². The van der Waals surface area contributed by atoms with Crippen molar-refractivity contribution in [2.75, 3.05) is 0 Å². The summed E-state index contributed by atoms with van der Waals surface area (Å²) in [7, 11) is 0. The fourth-order valence-electron chi connectivity index (χ4n) is 1.56. The van der Waals surface area contributed by atoms with Crippen LogP contribution >= 0.6 is 0 Å². The highest BCUT2D eigenvalue weighted by Gasteiger charge is 2.11. The Morgan fingerprint density at radius 2 is 2.16 bits per heavy atom. The van der Waals surface area contributed by atoms with Crippen LogP contribution in [0.3, 0.4) is 0 Å². The highest BCUT2D eigenvalue weighted by Crippen LogP contribution is 2.13. The monoisotopic (exact) mass is 268 g/mol. The summed E-state index contributed by atoms with van der Waals surface area (Å²) in [6, 6.07) is 3.23. The largest absolute Gasteiger partial charge is 0.481 e. The van der Waals surface area contributed by atoms with Gasteiger partial charge in [-0.3, -0.25) is 4.79 Å². The van der Waals surface area contributed by atoms with Gasteiger partial charge in [-0.05, 0) is 22.1 Å². The van der Waals surface area contributed by atoms with Gasteiger partial charge in [0.2, 0.25) is 0 Å². The van der Waals surface area contributed by atoms with E-state index in [0.717, 1.165) is 12.1 Å². The maximum atomic E-state index is 13.5. The predicted molar refractivity (Wildman–Crippen MR) is 59.2 cm³/mol.